The van der Waals surface area contributed by atoms with Crippen LogP contribution in [0.25, 0.3) is 0 Å². The first kappa shape index (κ1) is 31.2. The van der Waals surface area contributed by atoms with Crippen LogP contribution >= 0.6 is 0 Å². The molecular weight excluding hydrogens is 486 g/mol. The van der Waals surface area contributed by atoms with Gasteiger partial charge < -0.3 is 34.3 Å². The lowest BCUT2D eigenvalue weighted by Crippen LogP contribution is -2.45. The Bertz CT molecular complexity index is 1020. The van der Waals surface area contributed by atoms with Crippen molar-refractivity contribution in [3.8, 4) is 17.2 Å². The van der Waals surface area contributed by atoms with E-state index in [1.54, 1.807) is 12.1 Å². The Labute approximate surface area is 216 Å². The predicted molar refractivity (Wildman–Crippen MR) is 134 cm³/mol. The molecule has 0 aromatic heterocycles. The van der Waals surface area contributed by atoms with Crippen molar-refractivity contribution >= 4 is 17.9 Å². The number of ether oxygens (including phenoxy) is 4. The van der Waals surface area contributed by atoms with Crippen LogP contribution in [0.1, 0.15) is 35.7 Å². The number of methoxy groups -OCH3 is 3. The molecule has 11 nitrogen and oxygen atoms in total. The number of aliphatic hydroxyl groups is 1. The second-order valence-corrected chi connectivity index (χ2v) is 8.09. The molecule has 2 atom stereocenters. The van der Waals surface area contributed by atoms with Crippen LogP contribution in [0.5, 0.6) is 17.2 Å². The van der Waals surface area contributed by atoms with E-state index in [2.05, 4.69) is 24.0 Å². The minimum absolute atomic E-state index is 0.218. The summed E-state index contributed by atoms with van der Waals surface area (Å²) in [5, 5.41) is 24.1. The summed E-state index contributed by atoms with van der Waals surface area (Å²) in [7, 11) is 8.52. The molecule has 2 aromatic carbocycles. The molecule has 0 radical (unpaired) electrons. The largest absolute Gasteiger partial charge is 0.493 e. The Morgan fingerprint density at radius 1 is 0.946 bits per heavy atom. The van der Waals surface area contributed by atoms with Gasteiger partial charge in [-0.3, -0.25) is 9.69 Å². The molecule has 0 heterocycles. The highest BCUT2D eigenvalue weighted by Crippen LogP contribution is 2.38. The van der Waals surface area contributed by atoms with Gasteiger partial charge in [-0.15, -0.1) is 0 Å². The molecule has 2 unspecified atom stereocenters. The molecule has 0 fully saturated rings. The minimum Gasteiger partial charge on any atom is -0.493 e. The summed E-state index contributed by atoms with van der Waals surface area (Å²) in [6.07, 6.45) is -1.76. The third-order valence-corrected chi connectivity index (χ3v) is 5.75. The molecular formula is C26H35NO10. The fourth-order valence-electron chi connectivity index (χ4n) is 3.56. The normalized spacial score (nSPS) is 12.9. The van der Waals surface area contributed by atoms with E-state index < -0.39 is 36.0 Å². The number of carbonyl (C=O) groups is 3. The zero-order chi connectivity index (χ0) is 28.2. The standard InChI is InChI=1S/C22H29NO5.C4H6O5/c1-7-22(23(2)3,17-11-9-8-10-12-17)15-28-21(24)16-13-18(25-4)20(27-6)19(14-16)26-5;5-2(4(8)9)1-3(6)7/h8-14H,7,15H2,1-6H3;2,5H,1H2,(H,6,7)(H,8,9). The van der Waals surface area contributed by atoms with Crippen LogP contribution < -0.4 is 14.2 Å². The topological polar surface area (TPSA) is 152 Å². The van der Waals surface area contributed by atoms with Crippen LogP contribution in [0.2, 0.25) is 0 Å². The summed E-state index contributed by atoms with van der Waals surface area (Å²) in [6, 6.07) is 13.2. The van der Waals surface area contributed by atoms with Crippen molar-refractivity contribution in [1.29, 1.82) is 0 Å². The molecule has 2 aromatic rings. The summed E-state index contributed by atoms with van der Waals surface area (Å²) < 4.78 is 21.7. The molecule has 2 rings (SSSR count). The van der Waals surface area contributed by atoms with Crippen LogP contribution in [0.4, 0.5) is 0 Å². The average Bonchev–Trinajstić information content (AvgIpc) is 2.88. The number of aliphatic hydroxyl groups excluding tert-OH is 1. The SMILES string of the molecule is CCC(COC(=O)c1cc(OC)c(OC)c(OC)c1)(c1ccccc1)N(C)C.O=C(O)CC(O)C(=O)O. The maximum Gasteiger partial charge on any atom is 0.338 e. The number of esters is 1. The first-order valence-corrected chi connectivity index (χ1v) is 11.3. The fourth-order valence-corrected chi connectivity index (χ4v) is 3.56. The second-order valence-electron chi connectivity index (χ2n) is 8.09. The van der Waals surface area contributed by atoms with E-state index in [1.807, 2.05) is 32.3 Å². The molecule has 0 saturated heterocycles. The second kappa shape index (κ2) is 14.7. The highest BCUT2D eigenvalue weighted by atomic mass is 16.5. The number of benzene rings is 2. The van der Waals surface area contributed by atoms with Gasteiger partial charge >= 0.3 is 17.9 Å². The predicted octanol–water partition coefficient (Wildman–Crippen LogP) is 2.64. The summed E-state index contributed by atoms with van der Waals surface area (Å²) in [5.41, 5.74) is 1.02. The molecule has 0 aliphatic rings. The number of hydrogen-bond acceptors (Lipinski definition) is 9. The van der Waals surface area contributed by atoms with Gasteiger partial charge in [-0.1, -0.05) is 37.3 Å². The third kappa shape index (κ3) is 8.36. The van der Waals surface area contributed by atoms with Gasteiger partial charge in [0.15, 0.2) is 17.6 Å². The van der Waals surface area contributed by atoms with E-state index in [9.17, 15) is 14.4 Å². The van der Waals surface area contributed by atoms with E-state index >= 15 is 0 Å². The fraction of sp³-hybridized carbons (Fsp3) is 0.423. The Kier molecular flexibility index (Phi) is 12.4. The maximum absolute atomic E-state index is 12.8. The number of carbonyl (C=O) groups excluding carboxylic acids is 1. The van der Waals surface area contributed by atoms with E-state index in [0.29, 0.717) is 22.8 Å². The van der Waals surface area contributed by atoms with E-state index in [4.69, 9.17) is 34.3 Å². The zero-order valence-electron chi connectivity index (χ0n) is 21.9. The van der Waals surface area contributed by atoms with Crippen molar-refractivity contribution < 1.29 is 48.7 Å². The van der Waals surface area contributed by atoms with Crippen molar-refractivity contribution in [1.82, 2.24) is 4.90 Å². The zero-order valence-corrected chi connectivity index (χ0v) is 21.9. The number of carboxylic acids is 2. The van der Waals surface area contributed by atoms with Crippen LogP contribution in [-0.2, 0) is 19.9 Å². The van der Waals surface area contributed by atoms with Crippen LogP contribution in [0.3, 0.4) is 0 Å². The number of nitrogens with zero attached hydrogens (tertiary/aromatic N) is 1. The molecule has 0 amide bonds. The molecule has 0 spiro atoms. The molecule has 37 heavy (non-hydrogen) atoms. The smallest absolute Gasteiger partial charge is 0.338 e. The molecule has 3 N–H and O–H groups in total. The van der Waals surface area contributed by atoms with Gasteiger partial charge in [0.2, 0.25) is 5.75 Å². The first-order chi connectivity index (χ1) is 17.5. The van der Waals surface area contributed by atoms with Crippen LogP contribution in [-0.4, -0.2) is 86.3 Å². The van der Waals surface area contributed by atoms with Crippen molar-refractivity contribution in [2.45, 2.75) is 31.4 Å². The Hall–Kier alpha value is -3.83. The highest BCUT2D eigenvalue weighted by molar-refractivity contribution is 5.91. The lowest BCUT2D eigenvalue weighted by atomic mass is 9.87. The molecule has 11 heteroatoms. The number of hydrogen-bond donors (Lipinski definition) is 3. The van der Waals surface area contributed by atoms with Gasteiger partial charge in [0.25, 0.3) is 0 Å². The van der Waals surface area contributed by atoms with Gasteiger partial charge in [-0.05, 0) is 38.2 Å². The van der Waals surface area contributed by atoms with Gasteiger partial charge in [-0.2, -0.15) is 0 Å². The van der Waals surface area contributed by atoms with Gasteiger partial charge in [-0.25, -0.2) is 9.59 Å². The highest BCUT2D eigenvalue weighted by Gasteiger charge is 2.35. The van der Waals surface area contributed by atoms with E-state index in [-0.39, 0.29) is 6.61 Å². The summed E-state index contributed by atoms with van der Waals surface area (Å²) in [6.45, 7) is 2.30. The maximum atomic E-state index is 12.8. The number of likely N-dealkylation sites (N-methyl/N-ethyl adjacent to an activating group) is 1. The summed E-state index contributed by atoms with van der Waals surface area (Å²) in [5.74, 6) is -2.04. The number of aliphatic carboxylic acids is 2. The van der Waals surface area contributed by atoms with Crippen molar-refractivity contribution in [2.75, 3.05) is 42.0 Å². The average molecular weight is 522 g/mol. The lowest BCUT2D eigenvalue weighted by Gasteiger charge is -2.39. The number of carboxylic acid groups (broad SMARTS) is 2. The lowest BCUT2D eigenvalue weighted by molar-refractivity contribution is -0.152. The van der Waals surface area contributed by atoms with Gasteiger partial charge in [0, 0.05) is 0 Å². The Morgan fingerprint density at radius 3 is 1.84 bits per heavy atom. The van der Waals surface area contributed by atoms with Crippen LogP contribution in [0.15, 0.2) is 42.5 Å². The quantitative estimate of drug-likeness (QED) is 0.353. The van der Waals surface area contributed by atoms with Gasteiger partial charge in [0.1, 0.15) is 6.61 Å². The first-order valence-electron chi connectivity index (χ1n) is 11.3. The summed E-state index contributed by atoms with van der Waals surface area (Å²) >= 11 is 0. The molecule has 204 valence electrons. The Morgan fingerprint density at radius 2 is 1.49 bits per heavy atom. The minimum atomic E-state index is -1.79. The molecule has 0 aliphatic heterocycles. The van der Waals surface area contributed by atoms with Gasteiger partial charge in [0.05, 0.1) is 38.9 Å². The van der Waals surface area contributed by atoms with E-state index in [1.165, 1.54) is 21.3 Å². The molecule has 0 aliphatic carbocycles. The van der Waals surface area contributed by atoms with Crippen molar-refractivity contribution in [3.63, 3.8) is 0 Å². The summed E-state index contributed by atoms with van der Waals surface area (Å²) in [4.78, 5) is 34.3. The van der Waals surface area contributed by atoms with Crippen molar-refractivity contribution in [3.05, 3.63) is 53.6 Å². The van der Waals surface area contributed by atoms with E-state index in [0.717, 1.165) is 12.0 Å². The molecule has 0 bridgehead atoms. The van der Waals surface area contributed by atoms with Crippen molar-refractivity contribution in [2.24, 2.45) is 0 Å². The van der Waals surface area contributed by atoms with Crippen LogP contribution in [0, 0.1) is 0 Å². The molecule has 0 saturated carbocycles. The monoisotopic (exact) mass is 521 g/mol. The Balaban J connectivity index is 0.000000649. The number of rotatable bonds is 12. The third-order valence-electron chi connectivity index (χ3n) is 5.75.